The van der Waals surface area contributed by atoms with Gasteiger partial charge in [-0.1, -0.05) is 183 Å². The molecule has 0 saturated heterocycles. The van der Waals surface area contributed by atoms with Crippen molar-refractivity contribution in [2.75, 3.05) is 47.5 Å². The van der Waals surface area contributed by atoms with Gasteiger partial charge in [0, 0.05) is 12.8 Å². The zero-order valence-electron chi connectivity index (χ0n) is 39.6. The summed E-state index contributed by atoms with van der Waals surface area (Å²) in [6.45, 7) is 4.28. The van der Waals surface area contributed by atoms with Crippen LogP contribution in [0, 0.1) is 0 Å². The quantitative estimate of drug-likeness (QED) is 0.0212. The van der Waals surface area contributed by atoms with E-state index in [1.165, 1.54) is 70.6 Å². The van der Waals surface area contributed by atoms with Crippen LogP contribution in [-0.2, 0) is 32.7 Å². The Kier molecular flexibility index (Phi) is 40.9. The SMILES string of the molecule is CC/C=C\C/C=C\C/C=C\C/C=C\C/C=C\C/C=C\CCCCCCCCCCC(=O)OC(COC(=O)CCCCCCCCCCCC)COP(=O)(O)OCC[N+](C)(C)C. The molecule has 0 aliphatic carbocycles. The Morgan fingerprint density at radius 2 is 0.934 bits per heavy atom. The van der Waals surface area contributed by atoms with Crippen molar-refractivity contribution in [2.45, 2.75) is 193 Å². The van der Waals surface area contributed by atoms with Crippen molar-refractivity contribution in [2.24, 2.45) is 0 Å². The molecule has 61 heavy (non-hydrogen) atoms. The van der Waals surface area contributed by atoms with Gasteiger partial charge >= 0.3 is 19.8 Å². The lowest BCUT2D eigenvalue weighted by molar-refractivity contribution is -0.870. The Bertz CT molecular complexity index is 1270. The van der Waals surface area contributed by atoms with Gasteiger partial charge in [0.2, 0.25) is 0 Å². The first-order valence-corrected chi connectivity index (χ1v) is 25.7. The molecule has 0 aliphatic heterocycles. The van der Waals surface area contributed by atoms with Crippen LogP contribution in [0.2, 0.25) is 0 Å². The largest absolute Gasteiger partial charge is 0.472 e. The molecule has 0 heterocycles. The van der Waals surface area contributed by atoms with Crippen LogP contribution in [0.1, 0.15) is 187 Å². The number of ether oxygens (including phenoxy) is 2. The Morgan fingerprint density at radius 3 is 1.39 bits per heavy atom. The number of quaternary nitrogens is 1. The second-order valence-corrected chi connectivity index (χ2v) is 18.6. The van der Waals surface area contributed by atoms with Gasteiger partial charge in [0.15, 0.2) is 6.10 Å². The number of hydrogen-bond donors (Lipinski definition) is 1. The summed E-state index contributed by atoms with van der Waals surface area (Å²) < 4.78 is 34.3. The van der Waals surface area contributed by atoms with Crippen LogP contribution in [-0.4, -0.2) is 74.9 Å². The van der Waals surface area contributed by atoms with E-state index < -0.39 is 26.5 Å². The van der Waals surface area contributed by atoms with Gasteiger partial charge in [-0.05, 0) is 64.2 Å². The first-order chi connectivity index (χ1) is 29.5. The molecule has 0 bridgehead atoms. The number of nitrogens with zero attached hydrogens (tertiary/aromatic N) is 1. The van der Waals surface area contributed by atoms with Crippen molar-refractivity contribution in [1.82, 2.24) is 0 Å². The number of phosphoric acid groups is 1. The molecule has 9 nitrogen and oxygen atoms in total. The normalized spacial score (nSPS) is 14.1. The highest BCUT2D eigenvalue weighted by Gasteiger charge is 2.27. The first-order valence-electron chi connectivity index (χ1n) is 24.2. The van der Waals surface area contributed by atoms with Crippen LogP contribution in [0.4, 0.5) is 0 Å². The van der Waals surface area contributed by atoms with Crippen molar-refractivity contribution >= 4 is 19.8 Å². The monoisotopic (exact) mass is 877 g/mol. The number of likely N-dealkylation sites (N-methyl/N-ethyl adjacent to an activating group) is 1. The average molecular weight is 877 g/mol. The summed E-state index contributed by atoms with van der Waals surface area (Å²) in [7, 11) is 1.46. The van der Waals surface area contributed by atoms with E-state index in [1.54, 1.807) is 0 Å². The standard InChI is InChI=1S/C51H90NO8P/c1-6-8-10-12-14-16-18-19-20-21-22-23-24-25-26-27-28-29-30-31-32-33-34-36-38-40-42-44-51(54)60-49(48-59-61(55,56)58-46-45-52(3,4)5)47-57-50(53)43-41-39-37-35-17-15-13-11-9-7-2/h8,10,14,16,19-20,22-23,25-26,28-29,49H,6-7,9,11-13,15,17-18,21,24,27,30-48H2,1-5H3/p+1/b10-8-,16-14-,20-19-,23-22-,26-25-,29-28-. The number of rotatable bonds is 43. The van der Waals surface area contributed by atoms with Crippen molar-refractivity contribution in [3.05, 3.63) is 72.9 Å². The van der Waals surface area contributed by atoms with Crippen LogP contribution in [0.3, 0.4) is 0 Å². The topological polar surface area (TPSA) is 108 Å². The minimum absolute atomic E-state index is 0.0277. The summed E-state index contributed by atoms with van der Waals surface area (Å²) in [6, 6.07) is 0. The van der Waals surface area contributed by atoms with E-state index in [9.17, 15) is 19.0 Å². The van der Waals surface area contributed by atoms with Crippen LogP contribution in [0.25, 0.3) is 0 Å². The number of unbranched alkanes of at least 4 members (excludes halogenated alkanes) is 17. The lowest BCUT2D eigenvalue weighted by Crippen LogP contribution is -2.37. The van der Waals surface area contributed by atoms with Crippen molar-refractivity contribution in [3.8, 4) is 0 Å². The van der Waals surface area contributed by atoms with Crippen LogP contribution in [0.15, 0.2) is 72.9 Å². The molecule has 0 spiro atoms. The Labute approximate surface area is 374 Å². The molecule has 0 rings (SSSR count). The number of carbonyl (C=O) groups is 2. The molecule has 0 radical (unpaired) electrons. The van der Waals surface area contributed by atoms with Gasteiger partial charge in [0.25, 0.3) is 0 Å². The van der Waals surface area contributed by atoms with E-state index in [1.807, 2.05) is 21.1 Å². The van der Waals surface area contributed by atoms with Crippen molar-refractivity contribution < 1.29 is 42.1 Å². The average Bonchev–Trinajstić information content (AvgIpc) is 3.21. The van der Waals surface area contributed by atoms with Crippen molar-refractivity contribution in [1.29, 1.82) is 0 Å². The maximum Gasteiger partial charge on any atom is 0.472 e. The van der Waals surface area contributed by atoms with E-state index in [-0.39, 0.29) is 32.0 Å². The molecule has 0 aromatic rings. The van der Waals surface area contributed by atoms with E-state index >= 15 is 0 Å². The van der Waals surface area contributed by atoms with Gasteiger partial charge in [-0.3, -0.25) is 18.6 Å². The van der Waals surface area contributed by atoms with Crippen LogP contribution >= 0.6 is 7.82 Å². The molecule has 2 atom stereocenters. The molecular weight excluding hydrogens is 786 g/mol. The maximum absolute atomic E-state index is 12.7. The molecule has 10 heteroatoms. The minimum atomic E-state index is -4.38. The Morgan fingerprint density at radius 1 is 0.525 bits per heavy atom. The summed E-state index contributed by atoms with van der Waals surface area (Å²) in [5.74, 6) is -0.812. The number of esters is 2. The van der Waals surface area contributed by atoms with Gasteiger partial charge in [-0.25, -0.2) is 4.57 Å². The molecule has 0 saturated carbocycles. The zero-order chi connectivity index (χ0) is 45.0. The molecule has 352 valence electrons. The Hall–Kier alpha value is -2.55. The smallest absolute Gasteiger partial charge is 0.462 e. The number of carbonyl (C=O) groups excluding carboxylic acids is 2. The van der Waals surface area contributed by atoms with E-state index in [4.69, 9.17) is 18.5 Å². The molecule has 0 aliphatic rings. The molecule has 0 fully saturated rings. The summed E-state index contributed by atoms with van der Waals surface area (Å²) in [6.07, 6.45) is 53.9. The predicted molar refractivity (Wildman–Crippen MR) is 256 cm³/mol. The molecule has 1 N–H and O–H groups in total. The Balaban J connectivity index is 4.22. The summed E-state index contributed by atoms with van der Waals surface area (Å²) in [4.78, 5) is 35.4. The summed E-state index contributed by atoms with van der Waals surface area (Å²) in [5.41, 5.74) is 0. The number of allylic oxidation sites excluding steroid dienone is 12. The molecular formula is C51H91NO8P+. The first kappa shape index (κ1) is 58.5. The fourth-order valence-electron chi connectivity index (χ4n) is 6.25. The zero-order valence-corrected chi connectivity index (χ0v) is 40.5. The van der Waals surface area contributed by atoms with Gasteiger partial charge in [0.05, 0.1) is 27.7 Å². The highest BCUT2D eigenvalue weighted by atomic mass is 31.2. The highest BCUT2D eigenvalue weighted by molar-refractivity contribution is 7.47. The van der Waals surface area contributed by atoms with Gasteiger partial charge < -0.3 is 18.9 Å². The number of hydrogen-bond acceptors (Lipinski definition) is 7. The summed E-state index contributed by atoms with van der Waals surface area (Å²) >= 11 is 0. The fraction of sp³-hybridized carbons (Fsp3) is 0.725. The summed E-state index contributed by atoms with van der Waals surface area (Å²) in [5, 5.41) is 0. The second-order valence-electron chi connectivity index (χ2n) is 17.1. The second kappa shape index (κ2) is 42.7. The number of phosphoric ester groups is 1. The lowest BCUT2D eigenvalue weighted by atomic mass is 10.1. The maximum atomic E-state index is 12.7. The van der Waals surface area contributed by atoms with E-state index in [2.05, 4.69) is 86.8 Å². The molecule has 0 amide bonds. The van der Waals surface area contributed by atoms with Crippen LogP contribution < -0.4 is 0 Å². The van der Waals surface area contributed by atoms with Gasteiger partial charge in [0.1, 0.15) is 19.8 Å². The van der Waals surface area contributed by atoms with Gasteiger partial charge in [-0.2, -0.15) is 0 Å². The fourth-order valence-corrected chi connectivity index (χ4v) is 6.99. The highest BCUT2D eigenvalue weighted by Crippen LogP contribution is 2.43. The predicted octanol–water partition coefficient (Wildman–Crippen LogP) is 14.2. The van der Waals surface area contributed by atoms with E-state index in [0.717, 1.165) is 83.5 Å². The molecule has 0 aromatic carbocycles. The van der Waals surface area contributed by atoms with Crippen LogP contribution in [0.5, 0.6) is 0 Å². The third kappa shape index (κ3) is 46.8. The van der Waals surface area contributed by atoms with E-state index in [0.29, 0.717) is 17.4 Å². The van der Waals surface area contributed by atoms with Crippen molar-refractivity contribution in [3.63, 3.8) is 0 Å². The molecule has 0 aromatic heterocycles. The third-order valence-corrected chi connectivity index (χ3v) is 11.0. The molecule has 2 unspecified atom stereocenters. The lowest BCUT2D eigenvalue weighted by Gasteiger charge is -2.24. The van der Waals surface area contributed by atoms with Gasteiger partial charge in [-0.15, -0.1) is 0 Å². The minimum Gasteiger partial charge on any atom is -0.462 e. The third-order valence-electron chi connectivity index (χ3n) is 10.0.